The minimum absolute atomic E-state index is 0.0293. The molecule has 0 aliphatic carbocycles. The summed E-state index contributed by atoms with van der Waals surface area (Å²) in [6, 6.07) is 11.1. The van der Waals surface area contributed by atoms with Gasteiger partial charge in [-0.15, -0.1) is 0 Å². The van der Waals surface area contributed by atoms with Crippen molar-refractivity contribution in [3.63, 3.8) is 0 Å². The zero-order chi connectivity index (χ0) is 26.9. The van der Waals surface area contributed by atoms with Crippen molar-refractivity contribution in [3.8, 4) is 5.75 Å². The lowest BCUT2D eigenvalue weighted by atomic mass is 10.1. The van der Waals surface area contributed by atoms with Gasteiger partial charge >= 0.3 is 0 Å². The summed E-state index contributed by atoms with van der Waals surface area (Å²) in [6.45, 7) is 4.20. The number of nitrogens with one attached hydrogen (secondary N) is 1. The highest BCUT2D eigenvalue weighted by Gasteiger charge is 2.29. The third-order valence-electron chi connectivity index (χ3n) is 5.57. The van der Waals surface area contributed by atoms with E-state index in [0.29, 0.717) is 40.1 Å². The van der Waals surface area contributed by atoms with E-state index < -0.39 is 16.1 Å². The molecule has 1 N–H and O–H groups in total. The number of benzene rings is 2. The molecule has 0 saturated heterocycles. The quantitative estimate of drug-likeness (QED) is 0.391. The molecule has 0 aliphatic heterocycles. The van der Waals surface area contributed by atoms with Gasteiger partial charge in [0.25, 0.3) is 0 Å². The Hall–Kier alpha value is -2.49. The molecule has 1 atom stereocenters. The van der Waals surface area contributed by atoms with Gasteiger partial charge in [-0.05, 0) is 49.6 Å². The third-order valence-corrected chi connectivity index (χ3v) is 7.34. The van der Waals surface area contributed by atoms with Gasteiger partial charge in [0.1, 0.15) is 11.8 Å². The van der Waals surface area contributed by atoms with Crippen LogP contribution in [0.3, 0.4) is 0 Å². The molecule has 0 spiro atoms. The number of hydrogen-bond donors (Lipinski definition) is 1. The first-order valence-electron chi connectivity index (χ1n) is 11.7. The van der Waals surface area contributed by atoms with E-state index in [4.69, 9.17) is 27.9 Å². The first-order chi connectivity index (χ1) is 17.0. The van der Waals surface area contributed by atoms with Crippen LogP contribution in [0.2, 0.25) is 10.0 Å². The number of sulfonamides is 1. The standard InChI is InChI=1S/C25H33Cl2N3O5S/c1-5-21(25(32)28-3)29(17-18-13-14-19(26)16-20(18)27)24(31)12-9-15-30(36(4,33)34)22-10-7-8-11-23(22)35-6-2/h7-8,10-11,13-14,16,21H,5-6,9,12,15,17H2,1-4H3,(H,28,32). The predicted molar refractivity (Wildman–Crippen MR) is 144 cm³/mol. The number of carbonyl (C=O) groups is 2. The summed E-state index contributed by atoms with van der Waals surface area (Å²) < 4.78 is 32.0. The Balaban J connectivity index is 2.26. The van der Waals surface area contributed by atoms with Crippen molar-refractivity contribution in [1.82, 2.24) is 10.2 Å². The van der Waals surface area contributed by atoms with Crippen LogP contribution in [0.1, 0.15) is 38.7 Å². The van der Waals surface area contributed by atoms with Crippen molar-refractivity contribution in [3.05, 3.63) is 58.1 Å². The molecular weight excluding hydrogens is 525 g/mol. The van der Waals surface area contributed by atoms with Crippen LogP contribution >= 0.6 is 23.2 Å². The number of amides is 2. The number of anilines is 1. The van der Waals surface area contributed by atoms with E-state index in [1.165, 1.54) is 16.3 Å². The topological polar surface area (TPSA) is 96.0 Å². The molecule has 0 aliphatic rings. The van der Waals surface area contributed by atoms with E-state index in [1.54, 1.807) is 42.5 Å². The number of para-hydroxylation sites is 2. The Bertz CT molecular complexity index is 1160. The largest absolute Gasteiger partial charge is 0.492 e. The maximum Gasteiger partial charge on any atom is 0.242 e. The molecule has 0 saturated carbocycles. The molecule has 2 amide bonds. The summed E-state index contributed by atoms with van der Waals surface area (Å²) in [6.07, 6.45) is 1.78. The van der Waals surface area contributed by atoms with Crippen LogP contribution in [0.5, 0.6) is 5.75 Å². The lowest BCUT2D eigenvalue weighted by molar-refractivity contribution is -0.141. The summed E-state index contributed by atoms with van der Waals surface area (Å²) in [4.78, 5) is 27.4. The van der Waals surface area contributed by atoms with Gasteiger partial charge in [-0.25, -0.2) is 8.42 Å². The Morgan fingerprint density at radius 3 is 2.39 bits per heavy atom. The fourth-order valence-corrected chi connectivity index (χ4v) is 5.28. The first kappa shape index (κ1) is 29.7. The molecule has 11 heteroatoms. The Kier molecular flexibility index (Phi) is 11.3. The van der Waals surface area contributed by atoms with Gasteiger partial charge in [-0.3, -0.25) is 13.9 Å². The molecule has 2 aromatic rings. The zero-order valence-electron chi connectivity index (χ0n) is 21.0. The number of halogens is 2. The second-order valence-corrected chi connectivity index (χ2v) is 10.9. The van der Waals surface area contributed by atoms with Gasteiger partial charge in [0, 0.05) is 36.6 Å². The van der Waals surface area contributed by atoms with Crippen LogP contribution in [0.25, 0.3) is 0 Å². The highest BCUT2D eigenvalue weighted by Crippen LogP contribution is 2.30. The monoisotopic (exact) mass is 557 g/mol. The van der Waals surface area contributed by atoms with E-state index in [9.17, 15) is 18.0 Å². The van der Waals surface area contributed by atoms with Gasteiger partial charge in [0.2, 0.25) is 21.8 Å². The Morgan fingerprint density at radius 2 is 1.81 bits per heavy atom. The normalized spacial score (nSPS) is 12.1. The maximum atomic E-state index is 13.4. The molecule has 2 rings (SSSR count). The third kappa shape index (κ3) is 8.01. The number of ether oxygens (including phenoxy) is 1. The highest BCUT2D eigenvalue weighted by atomic mass is 35.5. The summed E-state index contributed by atoms with van der Waals surface area (Å²) in [5.41, 5.74) is 1.07. The number of likely N-dealkylation sites (N-methyl/N-ethyl adjacent to an activating group) is 1. The zero-order valence-corrected chi connectivity index (χ0v) is 23.3. The summed E-state index contributed by atoms with van der Waals surface area (Å²) in [5, 5.41) is 3.46. The summed E-state index contributed by atoms with van der Waals surface area (Å²) in [5.74, 6) is -0.135. The molecule has 0 aromatic heterocycles. The van der Waals surface area contributed by atoms with Gasteiger partial charge < -0.3 is 15.0 Å². The van der Waals surface area contributed by atoms with Gasteiger partial charge in [-0.1, -0.05) is 48.3 Å². The molecule has 0 bridgehead atoms. The average molecular weight is 559 g/mol. The molecule has 0 fully saturated rings. The fraction of sp³-hybridized carbons (Fsp3) is 0.440. The maximum absolute atomic E-state index is 13.4. The lowest BCUT2D eigenvalue weighted by Crippen LogP contribution is -2.48. The Morgan fingerprint density at radius 1 is 1.11 bits per heavy atom. The van der Waals surface area contributed by atoms with Crippen molar-refractivity contribution in [2.75, 3.05) is 30.8 Å². The van der Waals surface area contributed by atoms with Crippen molar-refractivity contribution < 1.29 is 22.7 Å². The second kappa shape index (κ2) is 13.7. The summed E-state index contributed by atoms with van der Waals surface area (Å²) in [7, 11) is -2.12. The molecule has 0 radical (unpaired) electrons. The number of hydrogen-bond acceptors (Lipinski definition) is 5. The number of rotatable bonds is 13. The van der Waals surface area contributed by atoms with Crippen LogP contribution in [-0.4, -0.2) is 57.6 Å². The summed E-state index contributed by atoms with van der Waals surface area (Å²) >= 11 is 12.3. The lowest BCUT2D eigenvalue weighted by Gasteiger charge is -2.31. The van der Waals surface area contributed by atoms with Crippen molar-refractivity contribution in [2.45, 2.75) is 45.7 Å². The van der Waals surface area contributed by atoms with Crippen LogP contribution in [0, 0.1) is 0 Å². The Labute approximate surface area is 223 Å². The van der Waals surface area contributed by atoms with Crippen LogP contribution in [0.15, 0.2) is 42.5 Å². The minimum atomic E-state index is -3.64. The van der Waals surface area contributed by atoms with Crippen LogP contribution < -0.4 is 14.4 Å². The van der Waals surface area contributed by atoms with E-state index in [1.807, 2.05) is 13.8 Å². The van der Waals surface area contributed by atoms with Crippen LogP contribution in [-0.2, 0) is 26.2 Å². The first-order valence-corrected chi connectivity index (χ1v) is 14.3. The van der Waals surface area contributed by atoms with Gasteiger partial charge in [0.15, 0.2) is 0 Å². The van der Waals surface area contributed by atoms with E-state index in [2.05, 4.69) is 5.32 Å². The fourth-order valence-electron chi connectivity index (χ4n) is 3.84. The van der Waals surface area contributed by atoms with Crippen molar-refractivity contribution in [2.24, 2.45) is 0 Å². The number of nitrogens with zero attached hydrogens (tertiary/aromatic N) is 2. The molecule has 1 unspecified atom stereocenters. The highest BCUT2D eigenvalue weighted by molar-refractivity contribution is 7.92. The van der Waals surface area contributed by atoms with E-state index in [-0.39, 0.29) is 37.7 Å². The van der Waals surface area contributed by atoms with Gasteiger partial charge in [-0.2, -0.15) is 0 Å². The number of carbonyl (C=O) groups excluding carboxylic acids is 2. The smallest absolute Gasteiger partial charge is 0.242 e. The van der Waals surface area contributed by atoms with Gasteiger partial charge in [0.05, 0.1) is 18.6 Å². The minimum Gasteiger partial charge on any atom is -0.492 e. The molecule has 0 heterocycles. The predicted octanol–water partition coefficient (Wildman–Crippen LogP) is 4.49. The molecule has 36 heavy (non-hydrogen) atoms. The van der Waals surface area contributed by atoms with E-state index >= 15 is 0 Å². The van der Waals surface area contributed by atoms with Crippen molar-refractivity contribution >= 4 is 50.7 Å². The average Bonchev–Trinajstić information content (AvgIpc) is 2.82. The van der Waals surface area contributed by atoms with E-state index in [0.717, 1.165) is 6.26 Å². The van der Waals surface area contributed by atoms with Crippen LogP contribution in [0.4, 0.5) is 5.69 Å². The molecule has 2 aromatic carbocycles. The van der Waals surface area contributed by atoms with Crippen molar-refractivity contribution in [1.29, 1.82) is 0 Å². The molecule has 8 nitrogen and oxygen atoms in total. The SMILES string of the molecule is CCOc1ccccc1N(CCCC(=O)N(Cc1ccc(Cl)cc1Cl)C(CC)C(=O)NC)S(C)(=O)=O. The molecular formula is C25H33Cl2N3O5S. The second-order valence-electron chi connectivity index (χ2n) is 8.14. The molecule has 198 valence electrons.